The van der Waals surface area contributed by atoms with Gasteiger partial charge < -0.3 is 14.4 Å². The Morgan fingerprint density at radius 2 is 1.85 bits per heavy atom. The molecule has 0 atom stereocenters. The molecule has 0 saturated carbocycles. The van der Waals surface area contributed by atoms with Gasteiger partial charge in [-0.15, -0.1) is 0 Å². The van der Waals surface area contributed by atoms with Crippen LogP contribution in [0.4, 0.5) is 5.69 Å². The van der Waals surface area contributed by atoms with Crippen molar-refractivity contribution >= 4 is 23.8 Å². The summed E-state index contributed by atoms with van der Waals surface area (Å²) in [7, 11) is 0. The number of carboxylic acids is 1. The second-order valence-electron chi connectivity index (χ2n) is 5.68. The van der Waals surface area contributed by atoms with Crippen LogP contribution in [0.5, 0.6) is 0 Å². The van der Waals surface area contributed by atoms with Gasteiger partial charge in [-0.1, -0.05) is 6.07 Å². The van der Waals surface area contributed by atoms with Gasteiger partial charge in [-0.25, -0.2) is 9.59 Å². The van der Waals surface area contributed by atoms with Crippen molar-refractivity contribution in [2.24, 2.45) is 4.99 Å². The van der Waals surface area contributed by atoms with Gasteiger partial charge in [-0.3, -0.25) is 4.99 Å². The molecule has 1 N–H and O–H groups in total. The first-order chi connectivity index (χ1) is 13.1. The quantitative estimate of drug-likeness (QED) is 0.529. The lowest BCUT2D eigenvalue weighted by Crippen LogP contribution is -2.03. The van der Waals surface area contributed by atoms with E-state index >= 15 is 0 Å². The first-order valence-electron chi connectivity index (χ1n) is 8.41. The largest absolute Gasteiger partial charge is 0.478 e. The summed E-state index contributed by atoms with van der Waals surface area (Å²) in [6, 6.07) is 17.2. The Bertz CT molecular complexity index is 987. The number of hydrogen-bond acceptors (Lipinski definition) is 4. The number of benzene rings is 2. The summed E-state index contributed by atoms with van der Waals surface area (Å²) in [5.41, 5.74) is 2.92. The number of aromatic nitrogens is 1. The van der Waals surface area contributed by atoms with Crippen molar-refractivity contribution in [2.45, 2.75) is 6.92 Å². The van der Waals surface area contributed by atoms with E-state index in [4.69, 9.17) is 9.84 Å². The Balaban J connectivity index is 1.81. The topological polar surface area (TPSA) is 80.9 Å². The van der Waals surface area contributed by atoms with Crippen molar-refractivity contribution < 1.29 is 19.4 Å². The van der Waals surface area contributed by atoms with E-state index < -0.39 is 5.97 Å². The van der Waals surface area contributed by atoms with Crippen LogP contribution in [0.1, 0.15) is 33.3 Å². The first kappa shape index (κ1) is 18.1. The fourth-order valence-corrected chi connectivity index (χ4v) is 2.56. The van der Waals surface area contributed by atoms with E-state index in [0.29, 0.717) is 17.9 Å². The molecule has 0 saturated heterocycles. The third-order valence-electron chi connectivity index (χ3n) is 3.88. The second-order valence-corrected chi connectivity index (χ2v) is 5.68. The molecule has 0 aliphatic heterocycles. The molecule has 0 aliphatic rings. The third-order valence-corrected chi connectivity index (χ3v) is 3.88. The molecule has 0 amide bonds. The lowest BCUT2D eigenvalue weighted by molar-refractivity contribution is 0.0526. The molecule has 1 aromatic heterocycles. The highest BCUT2D eigenvalue weighted by Crippen LogP contribution is 2.17. The van der Waals surface area contributed by atoms with Crippen LogP contribution in [0, 0.1) is 0 Å². The molecule has 0 bridgehead atoms. The van der Waals surface area contributed by atoms with Gasteiger partial charge in [-0.05, 0) is 61.5 Å². The summed E-state index contributed by atoms with van der Waals surface area (Å²) >= 11 is 0. The minimum Gasteiger partial charge on any atom is -0.478 e. The average Bonchev–Trinajstić information content (AvgIpc) is 3.15. The fraction of sp³-hybridized carbons (Fsp3) is 0.0952. The van der Waals surface area contributed by atoms with Crippen molar-refractivity contribution in [1.29, 1.82) is 0 Å². The molecule has 0 spiro atoms. The molecule has 0 aliphatic carbocycles. The summed E-state index contributed by atoms with van der Waals surface area (Å²) in [5.74, 6) is -1.33. The number of ether oxygens (including phenoxy) is 1. The van der Waals surface area contributed by atoms with E-state index in [1.807, 2.05) is 29.0 Å². The van der Waals surface area contributed by atoms with Crippen LogP contribution in [-0.4, -0.2) is 34.4 Å². The van der Waals surface area contributed by atoms with E-state index in [1.54, 1.807) is 55.6 Å². The predicted octanol–water partition coefficient (Wildman–Crippen LogP) is 4.10. The monoisotopic (exact) mass is 362 g/mol. The maximum Gasteiger partial charge on any atom is 0.338 e. The third kappa shape index (κ3) is 4.30. The van der Waals surface area contributed by atoms with E-state index in [1.165, 1.54) is 0 Å². The number of aliphatic imine (C=N–C) groups is 1. The molecule has 3 rings (SSSR count). The van der Waals surface area contributed by atoms with Crippen molar-refractivity contribution in [3.63, 3.8) is 0 Å². The Morgan fingerprint density at radius 3 is 2.56 bits per heavy atom. The van der Waals surface area contributed by atoms with E-state index in [9.17, 15) is 9.59 Å². The SMILES string of the molecule is CCOC(=O)c1ccc(N=Cc2cccn2-c2cccc(C(=O)O)c2)cc1. The molecule has 1 heterocycles. The minimum absolute atomic E-state index is 0.221. The molecule has 2 aromatic carbocycles. The average molecular weight is 362 g/mol. The van der Waals surface area contributed by atoms with E-state index in [-0.39, 0.29) is 11.5 Å². The summed E-state index contributed by atoms with van der Waals surface area (Å²) < 4.78 is 6.81. The molecule has 0 radical (unpaired) electrons. The second kappa shape index (κ2) is 8.14. The molecule has 27 heavy (non-hydrogen) atoms. The number of esters is 1. The number of rotatable bonds is 6. The molecule has 6 nitrogen and oxygen atoms in total. The Hall–Kier alpha value is -3.67. The zero-order valence-electron chi connectivity index (χ0n) is 14.7. The molecule has 0 fully saturated rings. The van der Waals surface area contributed by atoms with Gasteiger partial charge in [0.15, 0.2) is 0 Å². The van der Waals surface area contributed by atoms with Crippen molar-refractivity contribution in [1.82, 2.24) is 4.57 Å². The zero-order chi connectivity index (χ0) is 19.2. The van der Waals surface area contributed by atoms with Crippen LogP contribution in [-0.2, 0) is 4.74 Å². The summed E-state index contributed by atoms with van der Waals surface area (Å²) in [5, 5.41) is 9.15. The smallest absolute Gasteiger partial charge is 0.338 e. The van der Waals surface area contributed by atoms with Crippen LogP contribution in [0.15, 0.2) is 71.9 Å². The summed E-state index contributed by atoms with van der Waals surface area (Å²) in [6.45, 7) is 2.09. The van der Waals surface area contributed by atoms with Gasteiger partial charge in [0.05, 0.1) is 35.3 Å². The highest BCUT2D eigenvalue weighted by atomic mass is 16.5. The standard InChI is InChI=1S/C21H18N2O4/c1-2-27-21(26)15-8-10-17(11-9-15)22-14-19-7-4-12-23(19)18-6-3-5-16(13-18)20(24)25/h3-14H,2H2,1H3,(H,24,25). The molecular weight excluding hydrogens is 344 g/mol. The molecule has 0 unspecified atom stereocenters. The maximum atomic E-state index is 11.7. The Morgan fingerprint density at radius 1 is 1.07 bits per heavy atom. The number of hydrogen-bond donors (Lipinski definition) is 1. The molecule has 6 heteroatoms. The van der Waals surface area contributed by atoms with Crippen LogP contribution < -0.4 is 0 Å². The Labute approximate surface area is 156 Å². The van der Waals surface area contributed by atoms with Crippen molar-refractivity contribution in [3.8, 4) is 5.69 Å². The Kier molecular flexibility index (Phi) is 5.47. The van der Waals surface area contributed by atoms with Gasteiger partial charge in [0.2, 0.25) is 0 Å². The van der Waals surface area contributed by atoms with Gasteiger partial charge in [0.25, 0.3) is 0 Å². The highest BCUT2D eigenvalue weighted by molar-refractivity contribution is 5.90. The first-order valence-corrected chi connectivity index (χ1v) is 8.41. The number of carboxylic acid groups (broad SMARTS) is 1. The summed E-state index contributed by atoms with van der Waals surface area (Å²) in [6.07, 6.45) is 3.53. The van der Waals surface area contributed by atoms with Crippen molar-refractivity contribution in [2.75, 3.05) is 6.61 Å². The van der Waals surface area contributed by atoms with E-state index in [0.717, 1.165) is 11.4 Å². The number of carbonyl (C=O) groups is 2. The van der Waals surface area contributed by atoms with Crippen LogP contribution in [0.25, 0.3) is 5.69 Å². The van der Waals surface area contributed by atoms with E-state index in [2.05, 4.69) is 4.99 Å². The van der Waals surface area contributed by atoms with Crippen LogP contribution in [0.3, 0.4) is 0 Å². The van der Waals surface area contributed by atoms with Gasteiger partial charge in [0, 0.05) is 11.9 Å². The lowest BCUT2D eigenvalue weighted by Gasteiger charge is -2.07. The zero-order valence-corrected chi connectivity index (χ0v) is 14.7. The number of carbonyl (C=O) groups excluding carboxylic acids is 1. The van der Waals surface area contributed by atoms with Gasteiger partial charge in [-0.2, -0.15) is 0 Å². The lowest BCUT2D eigenvalue weighted by atomic mass is 10.2. The molecule has 3 aromatic rings. The maximum absolute atomic E-state index is 11.7. The van der Waals surface area contributed by atoms with Gasteiger partial charge >= 0.3 is 11.9 Å². The fourth-order valence-electron chi connectivity index (χ4n) is 2.56. The minimum atomic E-state index is -0.971. The normalized spacial score (nSPS) is 10.9. The number of nitrogens with zero attached hydrogens (tertiary/aromatic N) is 2. The highest BCUT2D eigenvalue weighted by Gasteiger charge is 2.07. The van der Waals surface area contributed by atoms with Gasteiger partial charge in [0.1, 0.15) is 0 Å². The summed E-state index contributed by atoms with van der Waals surface area (Å²) in [4.78, 5) is 27.3. The van der Waals surface area contributed by atoms with Crippen LogP contribution >= 0.6 is 0 Å². The molecular formula is C21H18N2O4. The van der Waals surface area contributed by atoms with Crippen LogP contribution in [0.2, 0.25) is 0 Å². The van der Waals surface area contributed by atoms with Crippen molar-refractivity contribution in [3.05, 3.63) is 83.7 Å². The molecule has 136 valence electrons. The number of aromatic carboxylic acids is 1. The predicted molar refractivity (Wildman–Crippen MR) is 102 cm³/mol.